The average molecular weight is 489 g/mol. The lowest BCUT2D eigenvalue weighted by atomic mass is 10.1. The Morgan fingerprint density at radius 2 is 0.968 bits per heavy atom. The third-order valence-corrected chi connectivity index (χ3v) is 7.23. The van der Waals surface area contributed by atoms with Crippen LogP contribution in [0.3, 0.4) is 0 Å². The summed E-state index contributed by atoms with van der Waals surface area (Å²) in [6.45, 7) is 20.2. The molecule has 0 unspecified atom stereocenters. The van der Waals surface area contributed by atoms with Crippen molar-refractivity contribution >= 4 is 46.7 Å². The zero-order valence-electron chi connectivity index (χ0n) is 20.4. The molecule has 1 rings (SSSR count). The highest BCUT2D eigenvalue weighted by Crippen LogP contribution is 2.29. The van der Waals surface area contributed by atoms with Gasteiger partial charge in [-0.05, 0) is 23.7 Å². The van der Waals surface area contributed by atoms with E-state index < -0.39 is 0 Å². The molecule has 1 aromatic rings. The molecular formula is C22H40N4O2S3. The second kappa shape index (κ2) is 14.4. The number of carbonyl (C=O) groups is 2. The van der Waals surface area contributed by atoms with Gasteiger partial charge in [-0.2, -0.15) is 0 Å². The fourth-order valence-electron chi connectivity index (χ4n) is 3.06. The van der Waals surface area contributed by atoms with Crippen molar-refractivity contribution in [3.05, 3.63) is 0 Å². The maximum atomic E-state index is 12.7. The minimum absolute atomic E-state index is 0.144. The van der Waals surface area contributed by atoms with Gasteiger partial charge in [0.1, 0.15) is 0 Å². The number of rotatable bonds is 14. The zero-order valence-corrected chi connectivity index (χ0v) is 22.8. The molecule has 0 aliphatic rings. The van der Waals surface area contributed by atoms with Gasteiger partial charge in [0.05, 0.1) is 11.5 Å². The van der Waals surface area contributed by atoms with E-state index >= 15 is 0 Å². The van der Waals surface area contributed by atoms with Gasteiger partial charge in [-0.1, -0.05) is 90.3 Å². The lowest BCUT2D eigenvalue weighted by molar-refractivity contribution is -0.130. The Hall–Kier alpha value is -0.800. The van der Waals surface area contributed by atoms with E-state index in [1.807, 2.05) is 9.80 Å². The molecule has 0 N–H and O–H groups in total. The molecule has 0 radical (unpaired) electrons. The SMILES string of the molecule is CC(C)CN(CC(C)C)C(=O)CSc1nnc(SCC(=O)N(CC(C)C)CC(C)C)s1. The highest BCUT2D eigenvalue weighted by atomic mass is 32.2. The molecule has 178 valence electrons. The Labute approximate surface area is 201 Å². The van der Waals surface area contributed by atoms with Gasteiger partial charge in [0.15, 0.2) is 8.68 Å². The number of carbonyl (C=O) groups excluding carboxylic acids is 2. The van der Waals surface area contributed by atoms with Gasteiger partial charge in [-0.15, -0.1) is 10.2 Å². The number of aromatic nitrogens is 2. The Morgan fingerprint density at radius 3 is 1.23 bits per heavy atom. The van der Waals surface area contributed by atoms with E-state index in [0.717, 1.165) is 34.9 Å². The highest BCUT2D eigenvalue weighted by molar-refractivity contribution is 8.03. The molecule has 6 nitrogen and oxygen atoms in total. The number of thioether (sulfide) groups is 2. The summed E-state index contributed by atoms with van der Waals surface area (Å²) in [5.41, 5.74) is 0. The van der Waals surface area contributed by atoms with E-state index in [2.05, 4.69) is 65.6 Å². The molecule has 31 heavy (non-hydrogen) atoms. The third-order valence-electron chi connectivity index (χ3n) is 4.07. The first-order valence-corrected chi connectivity index (χ1v) is 13.9. The topological polar surface area (TPSA) is 66.4 Å². The number of nitrogens with zero attached hydrogens (tertiary/aromatic N) is 4. The van der Waals surface area contributed by atoms with Crippen molar-refractivity contribution in [1.29, 1.82) is 0 Å². The first-order valence-electron chi connectivity index (χ1n) is 11.1. The predicted molar refractivity (Wildman–Crippen MR) is 134 cm³/mol. The number of hydrogen-bond donors (Lipinski definition) is 0. The molecule has 1 aromatic heterocycles. The Morgan fingerprint density at radius 1 is 0.677 bits per heavy atom. The van der Waals surface area contributed by atoms with Crippen LogP contribution in [0, 0.1) is 23.7 Å². The fraction of sp³-hybridized carbons (Fsp3) is 0.818. The molecule has 0 atom stereocenters. The number of hydrogen-bond acceptors (Lipinski definition) is 7. The molecule has 0 bridgehead atoms. The Balaban J connectivity index is 2.57. The summed E-state index contributed by atoms with van der Waals surface area (Å²) in [6, 6.07) is 0. The van der Waals surface area contributed by atoms with Crippen molar-refractivity contribution in [2.75, 3.05) is 37.7 Å². The molecule has 2 amide bonds. The molecule has 0 saturated carbocycles. The van der Waals surface area contributed by atoms with Crippen molar-refractivity contribution < 1.29 is 9.59 Å². The van der Waals surface area contributed by atoms with E-state index in [-0.39, 0.29) is 11.8 Å². The summed E-state index contributed by atoms with van der Waals surface area (Å²) >= 11 is 4.33. The summed E-state index contributed by atoms with van der Waals surface area (Å²) in [7, 11) is 0. The lowest BCUT2D eigenvalue weighted by Gasteiger charge is -2.26. The lowest BCUT2D eigenvalue weighted by Crippen LogP contribution is -2.38. The summed E-state index contributed by atoms with van der Waals surface area (Å²) < 4.78 is 1.55. The van der Waals surface area contributed by atoms with Crippen LogP contribution in [0.4, 0.5) is 0 Å². The van der Waals surface area contributed by atoms with Crippen LogP contribution in [0.1, 0.15) is 55.4 Å². The van der Waals surface area contributed by atoms with Gasteiger partial charge in [-0.25, -0.2) is 0 Å². The van der Waals surface area contributed by atoms with E-state index in [4.69, 9.17) is 0 Å². The van der Waals surface area contributed by atoms with Gasteiger partial charge in [0.2, 0.25) is 11.8 Å². The minimum Gasteiger partial charge on any atom is -0.341 e. The van der Waals surface area contributed by atoms with E-state index in [1.54, 1.807) is 0 Å². The average Bonchev–Trinajstić information content (AvgIpc) is 3.09. The summed E-state index contributed by atoms with van der Waals surface area (Å²) in [6.07, 6.45) is 0. The molecule has 0 aliphatic carbocycles. The fourth-order valence-corrected chi connectivity index (χ4v) is 5.89. The molecule has 0 saturated heterocycles. The second-order valence-corrected chi connectivity index (χ2v) is 13.0. The first kappa shape index (κ1) is 28.2. The van der Waals surface area contributed by atoms with Gasteiger partial charge in [-0.3, -0.25) is 9.59 Å². The highest BCUT2D eigenvalue weighted by Gasteiger charge is 2.19. The van der Waals surface area contributed by atoms with Gasteiger partial charge in [0, 0.05) is 26.2 Å². The monoisotopic (exact) mass is 488 g/mol. The summed E-state index contributed by atoms with van der Waals surface area (Å²) in [4.78, 5) is 29.2. The van der Waals surface area contributed by atoms with Crippen molar-refractivity contribution in [2.24, 2.45) is 23.7 Å². The molecule has 0 aliphatic heterocycles. The number of amides is 2. The molecular weight excluding hydrogens is 448 g/mol. The Bertz CT molecular complexity index is 603. The summed E-state index contributed by atoms with van der Waals surface area (Å²) in [5.74, 6) is 2.81. The standard InChI is InChI=1S/C22H40N4O2S3/c1-15(2)9-25(10-16(3)4)19(27)13-29-21-23-24-22(31-21)30-14-20(28)26(11-17(5)6)12-18(7)8/h15-18H,9-14H2,1-8H3. The van der Waals surface area contributed by atoms with Gasteiger partial charge in [0.25, 0.3) is 0 Å². The largest absolute Gasteiger partial charge is 0.341 e. The van der Waals surface area contributed by atoms with Crippen LogP contribution in [0.5, 0.6) is 0 Å². The zero-order chi connectivity index (χ0) is 23.6. The van der Waals surface area contributed by atoms with Crippen molar-refractivity contribution in [3.63, 3.8) is 0 Å². The van der Waals surface area contributed by atoms with Crippen molar-refractivity contribution in [1.82, 2.24) is 20.0 Å². The smallest absolute Gasteiger partial charge is 0.233 e. The molecule has 9 heteroatoms. The minimum atomic E-state index is 0.144. The molecule has 0 spiro atoms. The predicted octanol–water partition coefficient (Wildman–Crippen LogP) is 5.00. The van der Waals surface area contributed by atoms with Crippen LogP contribution in [-0.2, 0) is 9.59 Å². The Kier molecular flexibility index (Phi) is 13.1. The van der Waals surface area contributed by atoms with Crippen LogP contribution in [0.2, 0.25) is 0 Å². The maximum absolute atomic E-state index is 12.7. The van der Waals surface area contributed by atoms with E-state index in [0.29, 0.717) is 35.2 Å². The second-order valence-electron chi connectivity index (χ2n) is 9.58. The normalized spacial score (nSPS) is 11.7. The van der Waals surface area contributed by atoms with Crippen molar-refractivity contribution in [3.8, 4) is 0 Å². The van der Waals surface area contributed by atoms with Gasteiger partial charge >= 0.3 is 0 Å². The van der Waals surface area contributed by atoms with Crippen molar-refractivity contribution in [2.45, 2.75) is 64.1 Å². The van der Waals surface area contributed by atoms with Crippen LogP contribution in [-0.4, -0.2) is 69.5 Å². The van der Waals surface area contributed by atoms with Crippen LogP contribution in [0.15, 0.2) is 8.68 Å². The van der Waals surface area contributed by atoms with Crippen LogP contribution >= 0.6 is 34.9 Å². The maximum Gasteiger partial charge on any atom is 0.233 e. The van der Waals surface area contributed by atoms with Gasteiger partial charge < -0.3 is 9.80 Å². The van der Waals surface area contributed by atoms with E-state index in [9.17, 15) is 9.59 Å². The summed E-state index contributed by atoms with van der Waals surface area (Å²) in [5, 5.41) is 8.41. The quantitative estimate of drug-likeness (QED) is 0.343. The third kappa shape index (κ3) is 12.1. The molecule has 1 heterocycles. The van der Waals surface area contributed by atoms with Crippen LogP contribution in [0.25, 0.3) is 0 Å². The molecule has 0 aromatic carbocycles. The van der Waals surface area contributed by atoms with Crippen LogP contribution < -0.4 is 0 Å². The van der Waals surface area contributed by atoms with E-state index in [1.165, 1.54) is 34.9 Å². The molecule has 0 fully saturated rings. The first-order chi connectivity index (χ1) is 14.5.